The predicted octanol–water partition coefficient (Wildman–Crippen LogP) is 0.170. The second-order valence-corrected chi connectivity index (χ2v) is 5.60. The number of hydrogen-bond donors (Lipinski definition) is 1. The molecule has 0 saturated carbocycles. The molecular formula is C14H17N3O4. The van der Waals surface area contributed by atoms with E-state index in [0.29, 0.717) is 12.1 Å². The van der Waals surface area contributed by atoms with E-state index in [4.69, 9.17) is 5.11 Å². The van der Waals surface area contributed by atoms with E-state index in [0.717, 1.165) is 19.4 Å². The minimum Gasteiger partial charge on any atom is -0.477 e. The van der Waals surface area contributed by atoms with Gasteiger partial charge in [0.25, 0.3) is 5.91 Å². The standard InChI is InChI=1S/C14H17N3O4/c1-15-6-9(5-11(15)14(20)21)13(19)16-7-10-3-2-4-17(10)12(18)8-16/h5-6,10H,2-4,7-8H2,1H3,(H,20,21). The molecule has 1 atom stereocenters. The van der Waals surface area contributed by atoms with Crippen LogP contribution in [0.1, 0.15) is 33.7 Å². The molecule has 0 aliphatic carbocycles. The zero-order valence-electron chi connectivity index (χ0n) is 11.8. The van der Waals surface area contributed by atoms with Crippen molar-refractivity contribution < 1.29 is 19.5 Å². The summed E-state index contributed by atoms with van der Waals surface area (Å²) in [4.78, 5) is 38.9. The molecular weight excluding hydrogens is 274 g/mol. The Morgan fingerprint density at radius 3 is 2.81 bits per heavy atom. The number of aryl methyl sites for hydroxylation is 1. The summed E-state index contributed by atoms with van der Waals surface area (Å²) in [6, 6.07) is 1.47. The lowest BCUT2D eigenvalue weighted by atomic mass is 10.1. The summed E-state index contributed by atoms with van der Waals surface area (Å²) in [5, 5.41) is 9.03. The summed E-state index contributed by atoms with van der Waals surface area (Å²) in [6.07, 6.45) is 3.40. The minimum atomic E-state index is -1.08. The second kappa shape index (κ2) is 4.91. The summed E-state index contributed by atoms with van der Waals surface area (Å²) in [6.45, 7) is 1.38. The van der Waals surface area contributed by atoms with Gasteiger partial charge in [-0.3, -0.25) is 9.59 Å². The number of amides is 2. The molecule has 0 aromatic carbocycles. The van der Waals surface area contributed by atoms with Gasteiger partial charge in [0.2, 0.25) is 5.91 Å². The SMILES string of the molecule is Cn1cc(C(=O)N2CC(=O)N3CCCC3C2)cc1C(=O)O. The number of piperazine rings is 1. The van der Waals surface area contributed by atoms with Crippen molar-refractivity contribution >= 4 is 17.8 Å². The number of carbonyl (C=O) groups excluding carboxylic acids is 2. The Morgan fingerprint density at radius 1 is 1.38 bits per heavy atom. The van der Waals surface area contributed by atoms with Crippen LogP contribution in [-0.2, 0) is 11.8 Å². The van der Waals surface area contributed by atoms with Gasteiger partial charge in [0.15, 0.2) is 0 Å². The van der Waals surface area contributed by atoms with Gasteiger partial charge in [-0.1, -0.05) is 0 Å². The molecule has 112 valence electrons. The van der Waals surface area contributed by atoms with E-state index >= 15 is 0 Å². The molecule has 0 radical (unpaired) electrons. The van der Waals surface area contributed by atoms with Crippen molar-refractivity contribution in [3.63, 3.8) is 0 Å². The third-order valence-corrected chi connectivity index (χ3v) is 4.21. The number of fused-ring (bicyclic) bond motifs is 1. The Balaban J connectivity index is 1.80. The van der Waals surface area contributed by atoms with Gasteiger partial charge in [-0.15, -0.1) is 0 Å². The average molecular weight is 291 g/mol. The molecule has 0 bridgehead atoms. The Kier molecular flexibility index (Phi) is 3.19. The zero-order chi connectivity index (χ0) is 15.1. The molecule has 1 aromatic rings. The van der Waals surface area contributed by atoms with Gasteiger partial charge in [-0.2, -0.15) is 0 Å². The van der Waals surface area contributed by atoms with Crippen molar-refractivity contribution in [2.75, 3.05) is 19.6 Å². The van der Waals surface area contributed by atoms with Crippen LogP contribution in [0.15, 0.2) is 12.3 Å². The number of carbonyl (C=O) groups is 3. The number of nitrogens with zero attached hydrogens (tertiary/aromatic N) is 3. The largest absolute Gasteiger partial charge is 0.477 e. The number of carboxylic acids is 1. The third kappa shape index (κ3) is 2.28. The first-order chi connectivity index (χ1) is 9.97. The smallest absolute Gasteiger partial charge is 0.352 e. The molecule has 3 rings (SSSR count). The van der Waals surface area contributed by atoms with E-state index in [9.17, 15) is 14.4 Å². The molecule has 1 aromatic heterocycles. The molecule has 21 heavy (non-hydrogen) atoms. The van der Waals surface area contributed by atoms with Crippen LogP contribution >= 0.6 is 0 Å². The Bertz CT molecular complexity index is 622. The topological polar surface area (TPSA) is 82.9 Å². The normalized spacial score (nSPS) is 21.6. The molecule has 3 heterocycles. The highest BCUT2D eigenvalue weighted by molar-refractivity contribution is 5.99. The molecule has 2 aliphatic heterocycles. The van der Waals surface area contributed by atoms with Gasteiger partial charge < -0.3 is 19.5 Å². The highest BCUT2D eigenvalue weighted by Gasteiger charge is 2.37. The maximum absolute atomic E-state index is 12.5. The molecule has 2 fully saturated rings. The monoisotopic (exact) mass is 291 g/mol. The fourth-order valence-electron chi connectivity index (χ4n) is 3.16. The molecule has 2 saturated heterocycles. The van der Waals surface area contributed by atoms with Crippen molar-refractivity contribution in [3.05, 3.63) is 23.5 Å². The fraction of sp³-hybridized carbons (Fsp3) is 0.500. The molecule has 7 heteroatoms. The van der Waals surface area contributed by atoms with Gasteiger partial charge in [0.1, 0.15) is 12.2 Å². The second-order valence-electron chi connectivity index (χ2n) is 5.60. The summed E-state index contributed by atoms with van der Waals surface area (Å²) in [5.74, 6) is -1.38. The quantitative estimate of drug-likeness (QED) is 0.842. The third-order valence-electron chi connectivity index (χ3n) is 4.21. The van der Waals surface area contributed by atoms with Gasteiger partial charge in [0.05, 0.1) is 5.56 Å². The molecule has 1 unspecified atom stereocenters. The van der Waals surface area contributed by atoms with E-state index in [-0.39, 0.29) is 30.1 Å². The van der Waals surface area contributed by atoms with E-state index in [1.54, 1.807) is 7.05 Å². The van der Waals surface area contributed by atoms with Crippen molar-refractivity contribution in [3.8, 4) is 0 Å². The lowest BCUT2D eigenvalue weighted by Crippen LogP contribution is -2.55. The predicted molar refractivity (Wildman–Crippen MR) is 73.0 cm³/mol. The van der Waals surface area contributed by atoms with Gasteiger partial charge in [0, 0.05) is 32.4 Å². The molecule has 2 amide bonds. The molecule has 0 spiro atoms. The Hall–Kier alpha value is -2.31. The molecule has 2 aliphatic rings. The Labute approximate surface area is 121 Å². The first-order valence-corrected chi connectivity index (χ1v) is 6.96. The van der Waals surface area contributed by atoms with Gasteiger partial charge >= 0.3 is 5.97 Å². The van der Waals surface area contributed by atoms with Crippen LogP contribution in [0.5, 0.6) is 0 Å². The lowest BCUT2D eigenvalue weighted by molar-refractivity contribution is -0.136. The van der Waals surface area contributed by atoms with Crippen LogP contribution in [0.4, 0.5) is 0 Å². The van der Waals surface area contributed by atoms with Crippen LogP contribution in [0.3, 0.4) is 0 Å². The lowest BCUT2D eigenvalue weighted by Gasteiger charge is -2.36. The van der Waals surface area contributed by atoms with E-state index in [1.807, 2.05) is 4.90 Å². The maximum Gasteiger partial charge on any atom is 0.352 e. The number of aromatic carboxylic acids is 1. The van der Waals surface area contributed by atoms with Crippen LogP contribution in [-0.4, -0.2) is 62.9 Å². The Morgan fingerprint density at radius 2 is 2.14 bits per heavy atom. The van der Waals surface area contributed by atoms with Crippen molar-refractivity contribution in [2.24, 2.45) is 7.05 Å². The van der Waals surface area contributed by atoms with E-state index < -0.39 is 5.97 Å². The highest BCUT2D eigenvalue weighted by atomic mass is 16.4. The first-order valence-electron chi connectivity index (χ1n) is 6.96. The first kappa shape index (κ1) is 13.7. The van der Waals surface area contributed by atoms with Gasteiger partial charge in [-0.25, -0.2) is 4.79 Å². The van der Waals surface area contributed by atoms with E-state index in [2.05, 4.69) is 0 Å². The van der Waals surface area contributed by atoms with E-state index in [1.165, 1.54) is 21.7 Å². The average Bonchev–Trinajstić information content (AvgIpc) is 3.04. The minimum absolute atomic E-state index is 0.0218. The highest BCUT2D eigenvalue weighted by Crippen LogP contribution is 2.23. The van der Waals surface area contributed by atoms with Crippen molar-refractivity contribution in [1.82, 2.24) is 14.4 Å². The maximum atomic E-state index is 12.5. The molecule has 7 nitrogen and oxygen atoms in total. The van der Waals surface area contributed by atoms with Crippen molar-refractivity contribution in [1.29, 1.82) is 0 Å². The number of aromatic nitrogens is 1. The summed E-state index contributed by atoms with van der Waals surface area (Å²) >= 11 is 0. The summed E-state index contributed by atoms with van der Waals surface area (Å²) < 4.78 is 1.41. The van der Waals surface area contributed by atoms with Crippen molar-refractivity contribution in [2.45, 2.75) is 18.9 Å². The number of hydrogen-bond acceptors (Lipinski definition) is 3. The zero-order valence-corrected chi connectivity index (χ0v) is 11.8. The van der Waals surface area contributed by atoms with Gasteiger partial charge in [-0.05, 0) is 18.9 Å². The fourth-order valence-corrected chi connectivity index (χ4v) is 3.16. The van der Waals surface area contributed by atoms with Crippen LogP contribution in [0.25, 0.3) is 0 Å². The number of carboxylic acid groups (broad SMARTS) is 1. The molecule has 1 N–H and O–H groups in total. The van der Waals surface area contributed by atoms with Crippen LogP contribution in [0.2, 0.25) is 0 Å². The van der Waals surface area contributed by atoms with Crippen LogP contribution < -0.4 is 0 Å². The number of rotatable bonds is 2. The summed E-state index contributed by atoms with van der Waals surface area (Å²) in [5.41, 5.74) is 0.373. The summed E-state index contributed by atoms with van der Waals surface area (Å²) in [7, 11) is 1.58. The van der Waals surface area contributed by atoms with Crippen LogP contribution in [0, 0.1) is 0 Å².